The molecule has 0 amide bonds. The summed E-state index contributed by atoms with van der Waals surface area (Å²) in [6.45, 7) is -0.161. The lowest BCUT2D eigenvalue weighted by Crippen LogP contribution is -2.44. The molecule has 0 spiro atoms. The zero-order valence-corrected chi connectivity index (χ0v) is 8.78. The Morgan fingerprint density at radius 2 is 1.85 bits per heavy atom. The fourth-order valence-electron chi connectivity index (χ4n) is 0.901. The number of hydrogen-bond donors (Lipinski definition) is 2. The number of aliphatic hydroxyl groups excluding tert-OH is 1. The van der Waals surface area contributed by atoms with Crippen LogP contribution < -0.4 is 0 Å². The molecule has 0 aliphatic carbocycles. The molecule has 0 aliphatic heterocycles. The third kappa shape index (κ3) is 8.13. The van der Waals surface area contributed by atoms with Crippen molar-refractivity contribution < 1.29 is 26.7 Å². The molecule has 0 radical (unpaired) electrons. The topological polar surface area (TPSA) is 83.8 Å². The molecule has 0 aromatic heterocycles. The molecule has 80 valence electrons. The summed E-state index contributed by atoms with van der Waals surface area (Å²) in [7, 11) is 0.969. The SMILES string of the molecule is C[N+](C)(C)CC(CO)OS(=O)(=O)O. The highest BCUT2D eigenvalue weighted by molar-refractivity contribution is 7.80. The first kappa shape index (κ1) is 12.8. The molecule has 6 nitrogen and oxygen atoms in total. The molecule has 0 rings (SSSR count). The van der Waals surface area contributed by atoms with Gasteiger partial charge >= 0.3 is 10.4 Å². The molecule has 0 saturated carbocycles. The zero-order chi connectivity index (χ0) is 10.7. The molecule has 1 unspecified atom stereocenters. The van der Waals surface area contributed by atoms with Crippen LogP contribution >= 0.6 is 0 Å². The summed E-state index contributed by atoms with van der Waals surface area (Å²) in [4.78, 5) is 0. The average Bonchev–Trinajstić information content (AvgIpc) is 1.79. The molecule has 2 N–H and O–H groups in total. The van der Waals surface area contributed by atoms with Crippen LogP contribution in [0.1, 0.15) is 0 Å². The van der Waals surface area contributed by atoms with Gasteiger partial charge in [0.2, 0.25) is 0 Å². The van der Waals surface area contributed by atoms with E-state index in [0.717, 1.165) is 0 Å². The minimum absolute atomic E-state index is 0.288. The lowest BCUT2D eigenvalue weighted by atomic mass is 10.3. The van der Waals surface area contributed by atoms with E-state index in [1.54, 1.807) is 0 Å². The van der Waals surface area contributed by atoms with Gasteiger partial charge in [-0.3, -0.25) is 4.55 Å². The second kappa shape index (κ2) is 4.34. The highest BCUT2D eigenvalue weighted by atomic mass is 32.3. The van der Waals surface area contributed by atoms with Crippen molar-refractivity contribution in [3.63, 3.8) is 0 Å². The Morgan fingerprint density at radius 1 is 1.38 bits per heavy atom. The van der Waals surface area contributed by atoms with E-state index in [1.165, 1.54) is 0 Å². The van der Waals surface area contributed by atoms with Crippen LogP contribution in [0.25, 0.3) is 0 Å². The van der Waals surface area contributed by atoms with E-state index in [0.29, 0.717) is 4.48 Å². The van der Waals surface area contributed by atoms with Crippen LogP contribution in [0.15, 0.2) is 0 Å². The standard InChI is InChI=1S/C6H15NO5S/c1-7(2,3)4-6(5-8)12-13(9,10)11/h6,8H,4-5H2,1-3H3/p+1. The van der Waals surface area contributed by atoms with Gasteiger partial charge in [0.05, 0.1) is 27.7 Å². The number of quaternary nitrogens is 1. The highest BCUT2D eigenvalue weighted by Gasteiger charge is 2.22. The predicted molar refractivity (Wildman–Crippen MR) is 46.4 cm³/mol. The molecular formula is C6H16NO5S+. The minimum Gasteiger partial charge on any atom is -0.393 e. The molecule has 0 heterocycles. The number of likely N-dealkylation sites (N-methyl/N-ethyl adjacent to an activating group) is 1. The minimum atomic E-state index is -4.48. The number of rotatable bonds is 5. The zero-order valence-electron chi connectivity index (χ0n) is 7.97. The summed E-state index contributed by atoms with van der Waals surface area (Å²) in [5.74, 6) is 0. The lowest BCUT2D eigenvalue weighted by molar-refractivity contribution is -0.873. The molecule has 1 atom stereocenters. The molecule has 0 saturated heterocycles. The predicted octanol–water partition coefficient (Wildman–Crippen LogP) is -1.13. The van der Waals surface area contributed by atoms with Gasteiger partial charge in [0.1, 0.15) is 6.54 Å². The monoisotopic (exact) mass is 214 g/mol. The van der Waals surface area contributed by atoms with Gasteiger partial charge in [0.15, 0.2) is 6.10 Å². The van der Waals surface area contributed by atoms with Gasteiger partial charge in [0, 0.05) is 0 Å². The summed E-state index contributed by atoms with van der Waals surface area (Å²) < 4.78 is 33.6. The van der Waals surface area contributed by atoms with Gasteiger partial charge in [-0.25, -0.2) is 4.18 Å². The molecular weight excluding hydrogens is 198 g/mol. The number of nitrogens with zero attached hydrogens (tertiary/aromatic N) is 1. The summed E-state index contributed by atoms with van der Waals surface area (Å²) in [5, 5.41) is 8.74. The Kier molecular flexibility index (Phi) is 4.27. The van der Waals surface area contributed by atoms with Crippen molar-refractivity contribution in [1.82, 2.24) is 0 Å². The van der Waals surface area contributed by atoms with Crippen molar-refractivity contribution in [3.05, 3.63) is 0 Å². The molecule has 13 heavy (non-hydrogen) atoms. The first-order valence-electron chi connectivity index (χ1n) is 3.71. The summed E-state index contributed by atoms with van der Waals surface area (Å²) >= 11 is 0. The van der Waals surface area contributed by atoms with Crippen LogP contribution in [0.3, 0.4) is 0 Å². The Morgan fingerprint density at radius 3 is 2.08 bits per heavy atom. The molecule has 7 heteroatoms. The van der Waals surface area contributed by atoms with Gasteiger partial charge in [-0.05, 0) is 0 Å². The van der Waals surface area contributed by atoms with E-state index in [4.69, 9.17) is 9.66 Å². The number of aliphatic hydroxyl groups is 1. The average molecular weight is 214 g/mol. The van der Waals surface area contributed by atoms with Crippen LogP contribution in [-0.2, 0) is 14.6 Å². The van der Waals surface area contributed by atoms with Crippen molar-refractivity contribution in [2.24, 2.45) is 0 Å². The highest BCUT2D eigenvalue weighted by Crippen LogP contribution is 2.02. The third-order valence-electron chi connectivity index (χ3n) is 1.21. The van der Waals surface area contributed by atoms with Gasteiger partial charge in [-0.15, -0.1) is 0 Å². The fraction of sp³-hybridized carbons (Fsp3) is 1.00. The Balaban J connectivity index is 4.22. The fourth-order valence-corrected chi connectivity index (χ4v) is 1.37. The number of hydrogen-bond acceptors (Lipinski definition) is 4. The first-order chi connectivity index (χ1) is 5.64. The summed E-state index contributed by atoms with van der Waals surface area (Å²) in [6, 6.07) is 0. The smallest absolute Gasteiger partial charge is 0.393 e. The Bertz CT molecular complexity index is 242. The van der Waals surface area contributed by atoms with E-state index in [-0.39, 0.29) is 6.54 Å². The normalized spacial score (nSPS) is 15.8. The van der Waals surface area contributed by atoms with Crippen LogP contribution in [0, 0.1) is 0 Å². The van der Waals surface area contributed by atoms with Gasteiger partial charge < -0.3 is 9.59 Å². The molecule has 0 aromatic rings. The quantitative estimate of drug-likeness (QED) is 0.447. The summed E-state index contributed by atoms with van der Waals surface area (Å²) in [6.07, 6.45) is -0.907. The van der Waals surface area contributed by atoms with Gasteiger partial charge in [0.25, 0.3) is 0 Å². The van der Waals surface area contributed by atoms with Crippen molar-refractivity contribution >= 4 is 10.4 Å². The Hall–Kier alpha value is -0.210. The van der Waals surface area contributed by atoms with E-state index in [2.05, 4.69) is 4.18 Å². The maximum Gasteiger partial charge on any atom is 0.397 e. The maximum atomic E-state index is 10.3. The van der Waals surface area contributed by atoms with Crippen molar-refractivity contribution in [1.29, 1.82) is 0 Å². The first-order valence-corrected chi connectivity index (χ1v) is 5.07. The second-order valence-electron chi connectivity index (χ2n) is 3.80. The van der Waals surface area contributed by atoms with Crippen LogP contribution in [0.2, 0.25) is 0 Å². The van der Waals surface area contributed by atoms with Crippen molar-refractivity contribution in [2.75, 3.05) is 34.3 Å². The van der Waals surface area contributed by atoms with Gasteiger partial charge in [-0.2, -0.15) is 8.42 Å². The van der Waals surface area contributed by atoms with Gasteiger partial charge in [-0.1, -0.05) is 0 Å². The van der Waals surface area contributed by atoms with E-state index in [9.17, 15) is 8.42 Å². The molecule has 0 fully saturated rings. The van der Waals surface area contributed by atoms with Crippen molar-refractivity contribution in [3.8, 4) is 0 Å². The van der Waals surface area contributed by atoms with E-state index in [1.807, 2.05) is 21.1 Å². The third-order valence-corrected chi connectivity index (χ3v) is 1.73. The second-order valence-corrected chi connectivity index (χ2v) is 4.85. The maximum absolute atomic E-state index is 10.3. The molecule has 0 aromatic carbocycles. The van der Waals surface area contributed by atoms with Crippen LogP contribution in [0.5, 0.6) is 0 Å². The van der Waals surface area contributed by atoms with E-state index < -0.39 is 23.1 Å². The molecule has 0 aliphatic rings. The van der Waals surface area contributed by atoms with Crippen molar-refractivity contribution in [2.45, 2.75) is 6.10 Å². The largest absolute Gasteiger partial charge is 0.397 e. The Labute approximate surface area is 78.3 Å². The summed E-state index contributed by atoms with van der Waals surface area (Å²) in [5.41, 5.74) is 0. The van der Waals surface area contributed by atoms with Crippen LogP contribution in [0.4, 0.5) is 0 Å². The van der Waals surface area contributed by atoms with E-state index >= 15 is 0 Å². The lowest BCUT2D eigenvalue weighted by Gasteiger charge is -2.27. The van der Waals surface area contributed by atoms with Crippen LogP contribution in [-0.4, -0.2) is 63.0 Å². The molecule has 0 bridgehead atoms.